The van der Waals surface area contributed by atoms with Gasteiger partial charge >= 0.3 is 0 Å². The van der Waals surface area contributed by atoms with Crippen LogP contribution in [0.3, 0.4) is 0 Å². The van der Waals surface area contributed by atoms with Gasteiger partial charge in [-0.2, -0.15) is 0 Å². The second-order valence-corrected chi connectivity index (χ2v) is 6.67. The number of nitrogens with zero attached hydrogens (tertiary/aromatic N) is 2. The molecule has 3 unspecified atom stereocenters. The molecule has 1 fully saturated rings. The molecule has 3 rings (SSSR count). The van der Waals surface area contributed by atoms with E-state index in [0.717, 1.165) is 17.3 Å². The van der Waals surface area contributed by atoms with Crippen molar-refractivity contribution in [2.24, 2.45) is 5.92 Å². The van der Waals surface area contributed by atoms with Crippen LogP contribution in [-0.4, -0.2) is 9.55 Å². The molecule has 1 heterocycles. The highest BCUT2D eigenvalue weighted by atomic mass is 35.5. The number of hydrogen-bond donors (Lipinski definition) is 0. The number of benzene rings is 1. The van der Waals surface area contributed by atoms with Crippen molar-refractivity contribution in [1.82, 2.24) is 9.55 Å². The first-order chi connectivity index (χ1) is 9.06. The van der Waals surface area contributed by atoms with E-state index in [1.807, 2.05) is 6.92 Å². The van der Waals surface area contributed by atoms with E-state index in [0.29, 0.717) is 6.04 Å². The molecule has 0 amide bonds. The Kier molecular flexibility index (Phi) is 3.30. The third kappa shape index (κ3) is 2.27. The average molecular weight is 277 g/mol. The molecule has 0 bridgehead atoms. The molecule has 2 aromatic rings. The predicted molar refractivity (Wildman–Crippen MR) is 80.8 cm³/mol. The van der Waals surface area contributed by atoms with Crippen LogP contribution in [-0.2, 0) is 0 Å². The van der Waals surface area contributed by atoms with Gasteiger partial charge in [0, 0.05) is 6.04 Å². The largest absolute Gasteiger partial charge is 0.324 e. The molecule has 2 nitrogen and oxygen atoms in total. The number of hydrogen-bond acceptors (Lipinski definition) is 1. The number of aromatic nitrogens is 2. The summed E-state index contributed by atoms with van der Waals surface area (Å²) < 4.78 is 2.41. The number of rotatable bonds is 2. The van der Waals surface area contributed by atoms with E-state index in [1.54, 1.807) is 0 Å². The van der Waals surface area contributed by atoms with Gasteiger partial charge in [0.05, 0.1) is 16.4 Å². The van der Waals surface area contributed by atoms with E-state index in [4.69, 9.17) is 16.6 Å². The van der Waals surface area contributed by atoms with Crippen molar-refractivity contribution in [2.75, 3.05) is 0 Å². The highest BCUT2D eigenvalue weighted by molar-refractivity contribution is 6.20. The summed E-state index contributed by atoms with van der Waals surface area (Å²) in [5, 5.41) is -0.0383. The molecule has 0 N–H and O–H groups in total. The first-order valence-corrected chi connectivity index (χ1v) is 7.62. The minimum Gasteiger partial charge on any atom is -0.324 e. The highest BCUT2D eigenvalue weighted by Gasteiger charge is 2.27. The Labute approximate surface area is 119 Å². The Balaban J connectivity index is 2.18. The van der Waals surface area contributed by atoms with Crippen LogP contribution < -0.4 is 0 Å². The van der Waals surface area contributed by atoms with Gasteiger partial charge in [-0.05, 0) is 56.7 Å². The van der Waals surface area contributed by atoms with Crippen LogP contribution in [0.5, 0.6) is 0 Å². The van der Waals surface area contributed by atoms with Gasteiger partial charge in [-0.1, -0.05) is 13.0 Å². The molecule has 3 heteroatoms. The van der Waals surface area contributed by atoms with Crippen LogP contribution in [0.4, 0.5) is 0 Å². The Morgan fingerprint density at radius 3 is 2.79 bits per heavy atom. The van der Waals surface area contributed by atoms with Gasteiger partial charge in [0.2, 0.25) is 0 Å². The normalized spacial score (nSPS) is 25.1. The van der Waals surface area contributed by atoms with Crippen molar-refractivity contribution in [1.29, 1.82) is 0 Å². The Morgan fingerprint density at radius 1 is 1.37 bits per heavy atom. The van der Waals surface area contributed by atoms with Gasteiger partial charge in [-0.25, -0.2) is 4.98 Å². The van der Waals surface area contributed by atoms with Gasteiger partial charge in [-0.3, -0.25) is 0 Å². The van der Waals surface area contributed by atoms with Crippen molar-refractivity contribution < 1.29 is 0 Å². The Hall–Kier alpha value is -1.02. The van der Waals surface area contributed by atoms with E-state index in [-0.39, 0.29) is 5.38 Å². The lowest BCUT2D eigenvalue weighted by atomic mass is 10.1. The van der Waals surface area contributed by atoms with Gasteiger partial charge in [0.1, 0.15) is 5.82 Å². The monoisotopic (exact) mass is 276 g/mol. The van der Waals surface area contributed by atoms with Gasteiger partial charge in [-0.15, -0.1) is 11.6 Å². The van der Waals surface area contributed by atoms with Crippen molar-refractivity contribution in [3.05, 3.63) is 29.6 Å². The summed E-state index contributed by atoms with van der Waals surface area (Å²) in [7, 11) is 0. The zero-order valence-electron chi connectivity index (χ0n) is 11.9. The van der Waals surface area contributed by atoms with Crippen molar-refractivity contribution >= 4 is 22.6 Å². The van der Waals surface area contributed by atoms with Crippen molar-refractivity contribution in [3.63, 3.8) is 0 Å². The summed E-state index contributed by atoms with van der Waals surface area (Å²) in [6.45, 7) is 6.50. The fourth-order valence-electron chi connectivity index (χ4n) is 3.30. The fraction of sp³-hybridized carbons (Fsp3) is 0.562. The summed E-state index contributed by atoms with van der Waals surface area (Å²) in [4.78, 5) is 4.75. The van der Waals surface area contributed by atoms with Gasteiger partial charge < -0.3 is 4.57 Å². The molecular formula is C16H21ClN2. The van der Waals surface area contributed by atoms with Crippen LogP contribution in [0.25, 0.3) is 11.0 Å². The van der Waals surface area contributed by atoms with E-state index >= 15 is 0 Å². The van der Waals surface area contributed by atoms with Crippen LogP contribution in [0, 0.1) is 12.8 Å². The van der Waals surface area contributed by atoms with E-state index in [9.17, 15) is 0 Å². The molecule has 1 aliphatic carbocycles. The quantitative estimate of drug-likeness (QED) is 0.705. The van der Waals surface area contributed by atoms with Crippen LogP contribution >= 0.6 is 11.6 Å². The maximum absolute atomic E-state index is 6.35. The molecule has 102 valence electrons. The Morgan fingerprint density at radius 2 is 2.16 bits per heavy atom. The lowest BCUT2D eigenvalue weighted by Gasteiger charge is -2.18. The molecule has 3 atom stereocenters. The van der Waals surface area contributed by atoms with E-state index in [1.165, 1.54) is 30.3 Å². The first kappa shape index (κ1) is 13.0. The minimum atomic E-state index is -0.0383. The summed E-state index contributed by atoms with van der Waals surface area (Å²) in [5.74, 6) is 1.84. The molecule has 1 aliphatic rings. The summed E-state index contributed by atoms with van der Waals surface area (Å²) in [6, 6.07) is 7.05. The van der Waals surface area contributed by atoms with Crippen molar-refractivity contribution in [3.8, 4) is 0 Å². The molecular weight excluding hydrogens is 256 g/mol. The second-order valence-electron chi connectivity index (χ2n) is 6.02. The first-order valence-electron chi connectivity index (χ1n) is 7.19. The zero-order valence-corrected chi connectivity index (χ0v) is 12.6. The van der Waals surface area contributed by atoms with Crippen molar-refractivity contribution in [2.45, 2.75) is 51.5 Å². The molecule has 0 spiro atoms. The number of halogens is 1. The zero-order chi connectivity index (χ0) is 13.6. The molecule has 0 saturated heterocycles. The SMILES string of the molecule is Cc1ccc2nc(C(C)Cl)n(C3CCC(C)C3)c2c1. The molecule has 0 aliphatic heterocycles. The topological polar surface area (TPSA) is 17.8 Å². The number of fused-ring (bicyclic) bond motifs is 1. The van der Waals surface area contributed by atoms with Gasteiger partial charge in [0.15, 0.2) is 0 Å². The smallest absolute Gasteiger partial charge is 0.127 e. The molecule has 1 saturated carbocycles. The maximum Gasteiger partial charge on any atom is 0.127 e. The second kappa shape index (κ2) is 4.82. The Bertz CT molecular complexity index is 600. The fourth-order valence-corrected chi connectivity index (χ4v) is 3.45. The third-order valence-electron chi connectivity index (χ3n) is 4.26. The minimum absolute atomic E-state index is 0.0383. The number of imidazole rings is 1. The summed E-state index contributed by atoms with van der Waals surface area (Å²) in [6.07, 6.45) is 3.81. The van der Waals surface area contributed by atoms with Crippen LogP contribution in [0.2, 0.25) is 0 Å². The molecule has 1 aromatic carbocycles. The van der Waals surface area contributed by atoms with Crippen LogP contribution in [0.1, 0.15) is 55.9 Å². The average Bonchev–Trinajstić information content (AvgIpc) is 2.92. The predicted octanol–water partition coefficient (Wildman–Crippen LogP) is 5.01. The van der Waals surface area contributed by atoms with E-state index < -0.39 is 0 Å². The molecule has 1 aromatic heterocycles. The highest BCUT2D eigenvalue weighted by Crippen LogP contribution is 2.39. The summed E-state index contributed by atoms with van der Waals surface area (Å²) in [5.41, 5.74) is 3.61. The third-order valence-corrected chi connectivity index (χ3v) is 4.46. The number of aryl methyl sites for hydroxylation is 1. The molecule has 0 radical (unpaired) electrons. The lowest BCUT2D eigenvalue weighted by Crippen LogP contribution is -2.10. The lowest BCUT2D eigenvalue weighted by molar-refractivity contribution is 0.488. The van der Waals surface area contributed by atoms with Crippen LogP contribution in [0.15, 0.2) is 18.2 Å². The standard InChI is InChI=1S/C16H21ClN2/c1-10-4-6-13(8-10)19-15-9-11(2)5-7-14(15)18-16(19)12(3)17/h5,7,9-10,12-13H,4,6,8H2,1-3H3. The molecule has 19 heavy (non-hydrogen) atoms. The number of alkyl halides is 1. The van der Waals surface area contributed by atoms with E-state index in [2.05, 4.69) is 36.6 Å². The van der Waals surface area contributed by atoms with Gasteiger partial charge in [0.25, 0.3) is 0 Å². The summed E-state index contributed by atoms with van der Waals surface area (Å²) >= 11 is 6.35. The maximum atomic E-state index is 6.35.